The first-order valence-electron chi connectivity index (χ1n) is 8.10. The molecular formula is C20H11Cl2N3O4. The summed E-state index contributed by atoms with van der Waals surface area (Å²) in [6, 6.07) is 15.9. The number of nitrogens with one attached hydrogen (secondary N) is 1. The van der Waals surface area contributed by atoms with Crippen molar-refractivity contribution >= 4 is 46.6 Å². The highest BCUT2D eigenvalue weighted by molar-refractivity contribution is 6.32. The minimum absolute atomic E-state index is 0.0608. The number of amides is 1. The second kappa shape index (κ2) is 8.61. The molecule has 0 aliphatic carbocycles. The third kappa shape index (κ3) is 4.82. The molecule has 1 amide bonds. The van der Waals surface area contributed by atoms with Crippen molar-refractivity contribution < 1.29 is 14.1 Å². The van der Waals surface area contributed by atoms with E-state index in [0.717, 1.165) is 11.6 Å². The number of nitrogens with zero attached hydrogens (tertiary/aromatic N) is 2. The van der Waals surface area contributed by atoms with Crippen LogP contribution in [0.2, 0.25) is 10.0 Å². The third-order valence-electron chi connectivity index (χ3n) is 3.81. The Morgan fingerprint density at radius 2 is 1.86 bits per heavy atom. The van der Waals surface area contributed by atoms with E-state index in [1.807, 2.05) is 0 Å². The molecule has 0 aliphatic rings. The van der Waals surface area contributed by atoms with Crippen molar-refractivity contribution in [2.45, 2.75) is 0 Å². The van der Waals surface area contributed by atoms with Gasteiger partial charge in [-0.2, -0.15) is 5.26 Å². The number of furan rings is 1. The van der Waals surface area contributed by atoms with Crippen LogP contribution < -0.4 is 5.32 Å². The first kappa shape index (κ1) is 20.1. The number of carbonyl (C=O) groups is 1. The van der Waals surface area contributed by atoms with Gasteiger partial charge in [0.1, 0.15) is 28.2 Å². The van der Waals surface area contributed by atoms with E-state index >= 15 is 0 Å². The Kier molecular flexibility index (Phi) is 5.98. The summed E-state index contributed by atoms with van der Waals surface area (Å²) in [5.41, 5.74) is 0.323. The van der Waals surface area contributed by atoms with E-state index < -0.39 is 10.8 Å². The van der Waals surface area contributed by atoms with Crippen LogP contribution in [0.25, 0.3) is 17.4 Å². The summed E-state index contributed by atoms with van der Waals surface area (Å²) in [5, 5.41) is 23.2. The number of carbonyl (C=O) groups excluding carboxylic acids is 1. The Morgan fingerprint density at radius 1 is 1.14 bits per heavy atom. The van der Waals surface area contributed by atoms with Gasteiger partial charge < -0.3 is 9.73 Å². The van der Waals surface area contributed by atoms with Crippen LogP contribution in [0.15, 0.2) is 64.6 Å². The number of anilines is 1. The van der Waals surface area contributed by atoms with Gasteiger partial charge in [-0.15, -0.1) is 0 Å². The Hall–Kier alpha value is -3.60. The van der Waals surface area contributed by atoms with Crippen LogP contribution in [-0.4, -0.2) is 10.8 Å². The summed E-state index contributed by atoms with van der Waals surface area (Å²) >= 11 is 11.6. The summed E-state index contributed by atoms with van der Waals surface area (Å²) in [5.74, 6) is 0.0937. The molecule has 3 aromatic rings. The smallest absolute Gasteiger partial charge is 0.289 e. The molecular weight excluding hydrogens is 417 g/mol. The minimum atomic E-state index is -0.742. The molecule has 0 atom stereocenters. The van der Waals surface area contributed by atoms with Gasteiger partial charge in [0.25, 0.3) is 11.6 Å². The molecule has 0 bridgehead atoms. The summed E-state index contributed by atoms with van der Waals surface area (Å²) in [7, 11) is 0. The van der Waals surface area contributed by atoms with Crippen LogP contribution in [0.1, 0.15) is 5.76 Å². The minimum Gasteiger partial charge on any atom is -0.457 e. The molecule has 3 rings (SSSR count). The molecule has 0 aliphatic heterocycles. The van der Waals surface area contributed by atoms with Crippen molar-refractivity contribution in [3.05, 3.63) is 86.1 Å². The van der Waals surface area contributed by atoms with E-state index in [9.17, 15) is 20.2 Å². The van der Waals surface area contributed by atoms with E-state index in [-0.39, 0.29) is 22.0 Å². The van der Waals surface area contributed by atoms with Gasteiger partial charge >= 0.3 is 0 Å². The SMILES string of the molecule is N#C/C(=C\c1ccc(-c2ccc(Cl)cc2)o1)C(=O)Nc1ccc(Cl)c([N+](=O)[O-])c1. The number of hydrogen-bond donors (Lipinski definition) is 1. The summed E-state index contributed by atoms with van der Waals surface area (Å²) in [6.07, 6.45) is 1.28. The number of nitriles is 1. The summed E-state index contributed by atoms with van der Waals surface area (Å²) < 4.78 is 5.65. The average molecular weight is 428 g/mol. The van der Waals surface area contributed by atoms with Crippen molar-refractivity contribution in [3.63, 3.8) is 0 Å². The van der Waals surface area contributed by atoms with Crippen LogP contribution >= 0.6 is 23.2 Å². The maximum atomic E-state index is 12.4. The van der Waals surface area contributed by atoms with Gasteiger partial charge in [0.2, 0.25) is 0 Å². The van der Waals surface area contributed by atoms with Gasteiger partial charge in [0, 0.05) is 28.4 Å². The largest absolute Gasteiger partial charge is 0.457 e. The zero-order chi connectivity index (χ0) is 21.0. The van der Waals surface area contributed by atoms with Crippen LogP contribution in [0, 0.1) is 21.4 Å². The highest BCUT2D eigenvalue weighted by Gasteiger charge is 2.16. The lowest BCUT2D eigenvalue weighted by molar-refractivity contribution is -0.384. The standard InChI is InChI=1S/C20H11Cl2N3O4/c21-14-3-1-12(2-4-14)19-8-6-16(29-19)9-13(11-23)20(26)24-15-5-7-17(22)18(10-15)25(27)28/h1-10H,(H,24,26)/b13-9+. The average Bonchev–Trinajstić information content (AvgIpc) is 3.16. The number of benzene rings is 2. The van der Waals surface area contributed by atoms with Crippen molar-refractivity contribution in [2.75, 3.05) is 5.32 Å². The van der Waals surface area contributed by atoms with Crippen LogP contribution in [0.4, 0.5) is 11.4 Å². The lowest BCUT2D eigenvalue weighted by Crippen LogP contribution is -2.13. The molecule has 0 spiro atoms. The molecule has 0 fully saturated rings. The number of hydrogen-bond acceptors (Lipinski definition) is 5. The van der Waals surface area contributed by atoms with E-state index in [1.165, 1.54) is 18.2 Å². The normalized spacial score (nSPS) is 11.0. The van der Waals surface area contributed by atoms with Crippen LogP contribution in [0.5, 0.6) is 0 Å². The summed E-state index contributed by atoms with van der Waals surface area (Å²) in [6.45, 7) is 0. The van der Waals surface area contributed by atoms with Crippen LogP contribution in [0.3, 0.4) is 0 Å². The van der Waals surface area contributed by atoms with Crippen LogP contribution in [-0.2, 0) is 4.79 Å². The van der Waals surface area contributed by atoms with E-state index in [1.54, 1.807) is 42.5 Å². The molecule has 0 saturated heterocycles. The second-order valence-corrected chi connectivity index (χ2v) is 6.60. The zero-order valence-electron chi connectivity index (χ0n) is 14.6. The number of nitro benzene ring substituents is 1. The molecule has 7 nitrogen and oxygen atoms in total. The lowest BCUT2D eigenvalue weighted by Gasteiger charge is -2.04. The molecule has 0 saturated carbocycles. The highest BCUT2D eigenvalue weighted by atomic mass is 35.5. The Balaban J connectivity index is 1.81. The number of rotatable bonds is 5. The summed E-state index contributed by atoms with van der Waals surface area (Å²) in [4.78, 5) is 22.7. The first-order chi connectivity index (χ1) is 13.9. The lowest BCUT2D eigenvalue weighted by atomic mass is 10.2. The zero-order valence-corrected chi connectivity index (χ0v) is 16.1. The van der Waals surface area contributed by atoms with Crippen molar-refractivity contribution in [1.29, 1.82) is 5.26 Å². The van der Waals surface area contributed by atoms with E-state index in [4.69, 9.17) is 27.6 Å². The Morgan fingerprint density at radius 3 is 2.52 bits per heavy atom. The molecule has 0 unspecified atom stereocenters. The maximum Gasteiger partial charge on any atom is 0.289 e. The monoisotopic (exact) mass is 427 g/mol. The highest BCUT2D eigenvalue weighted by Crippen LogP contribution is 2.28. The maximum absolute atomic E-state index is 12.4. The predicted octanol–water partition coefficient (Wildman–Crippen LogP) is 5.71. The Bertz CT molecular complexity index is 1160. The topological polar surface area (TPSA) is 109 Å². The number of halogens is 2. The molecule has 1 aromatic heterocycles. The van der Waals surface area contributed by atoms with Gasteiger partial charge in [0.15, 0.2) is 0 Å². The van der Waals surface area contributed by atoms with Gasteiger partial charge in [-0.3, -0.25) is 14.9 Å². The fraction of sp³-hybridized carbons (Fsp3) is 0. The van der Waals surface area contributed by atoms with Gasteiger partial charge in [-0.25, -0.2) is 0 Å². The van der Waals surface area contributed by atoms with Crippen molar-refractivity contribution in [2.24, 2.45) is 0 Å². The molecule has 144 valence electrons. The van der Waals surface area contributed by atoms with Crippen molar-refractivity contribution in [1.82, 2.24) is 0 Å². The quantitative estimate of drug-likeness (QED) is 0.242. The molecule has 0 radical (unpaired) electrons. The first-order valence-corrected chi connectivity index (χ1v) is 8.86. The molecule has 1 N–H and O–H groups in total. The van der Waals surface area contributed by atoms with Gasteiger partial charge in [0.05, 0.1) is 4.92 Å². The van der Waals surface area contributed by atoms with Gasteiger partial charge in [-0.1, -0.05) is 23.2 Å². The predicted molar refractivity (Wildman–Crippen MR) is 109 cm³/mol. The molecule has 29 heavy (non-hydrogen) atoms. The fourth-order valence-corrected chi connectivity index (χ4v) is 2.73. The molecule has 1 heterocycles. The second-order valence-electron chi connectivity index (χ2n) is 5.76. The third-order valence-corrected chi connectivity index (χ3v) is 4.38. The van der Waals surface area contributed by atoms with Crippen molar-refractivity contribution in [3.8, 4) is 17.4 Å². The fourth-order valence-electron chi connectivity index (χ4n) is 2.42. The van der Waals surface area contributed by atoms with E-state index in [0.29, 0.717) is 16.5 Å². The molecule has 9 heteroatoms. The number of nitro groups is 1. The van der Waals surface area contributed by atoms with Gasteiger partial charge in [-0.05, 0) is 48.5 Å². The molecule has 2 aromatic carbocycles. The van der Waals surface area contributed by atoms with E-state index in [2.05, 4.69) is 5.32 Å². The Labute approximate surface area is 174 Å².